The molecule has 0 heterocycles. The highest BCUT2D eigenvalue weighted by molar-refractivity contribution is 6.18. The lowest BCUT2D eigenvalue weighted by atomic mass is 10.1. The van der Waals surface area contributed by atoms with Crippen molar-refractivity contribution >= 4 is 11.6 Å². The third-order valence-corrected chi connectivity index (χ3v) is 3.37. The molecule has 0 saturated carbocycles. The van der Waals surface area contributed by atoms with Crippen molar-refractivity contribution in [1.82, 2.24) is 5.32 Å². The lowest BCUT2D eigenvalue weighted by Crippen LogP contribution is -2.32. The van der Waals surface area contributed by atoms with Crippen LogP contribution in [0.4, 0.5) is 4.39 Å². The zero-order valence-corrected chi connectivity index (χ0v) is 11.4. The highest BCUT2D eigenvalue weighted by Crippen LogP contribution is 2.07. The average molecular weight is 278 g/mol. The molecule has 2 aromatic rings. The second kappa shape index (κ2) is 7.27. The molecule has 0 bridgehead atoms. The van der Waals surface area contributed by atoms with Crippen LogP contribution in [0.5, 0.6) is 0 Å². The molecule has 0 amide bonds. The van der Waals surface area contributed by atoms with Gasteiger partial charge in [0.25, 0.3) is 0 Å². The molecule has 1 unspecified atom stereocenters. The molecule has 0 saturated heterocycles. The molecule has 2 aromatic carbocycles. The molecule has 0 fully saturated rings. The number of alkyl halides is 1. The summed E-state index contributed by atoms with van der Waals surface area (Å²) in [4.78, 5) is 0. The Kier molecular flexibility index (Phi) is 5.37. The summed E-state index contributed by atoms with van der Waals surface area (Å²) in [5.74, 6) is 0.328. The molecule has 0 radical (unpaired) electrons. The Morgan fingerprint density at radius 3 is 2.42 bits per heavy atom. The van der Waals surface area contributed by atoms with Crippen LogP contribution in [0.3, 0.4) is 0 Å². The van der Waals surface area contributed by atoms with E-state index in [0.717, 1.165) is 12.0 Å². The fraction of sp³-hybridized carbons (Fsp3) is 0.250. The van der Waals surface area contributed by atoms with Crippen molar-refractivity contribution in [3.05, 3.63) is 71.5 Å². The zero-order valence-electron chi connectivity index (χ0n) is 10.7. The summed E-state index contributed by atoms with van der Waals surface area (Å²) in [7, 11) is 0. The molecular formula is C16H17ClFN. The molecule has 3 heteroatoms. The van der Waals surface area contributed by atoms with Gasteiger partial charge in [0.1, 0.15) is 5.82 Å². The van der Waals surface area contributed by atoms with Crippen molar-refractivity contribution in [2.24, 2.45) is 0 Å². The Morgan fingerprint density at radius 2 is 1.74 bits per heavy atom. The van der Waals surface area contributed by atoms with Gasteiger partial charge in [-0.2, -0.15) is 0 Å². The largest absolute Gasteiger partial charge is 0.308 e. The van der Waals surface area contributed by atoms with E-state index in [0.29, 0.717) is 12.4 Å². The van der Waals surface area contributed by atoms with E-state index in [-0.39, 0.29) is 11.9 Å². The van der Waals surface area contributed by atoms with Crippen LogP contribution in [0.1, 0.15) is 11.1 Å². The van der Waals surface area contributed by atoms with E-state index < -0.39 is 0 Å². The van der Waals surface area contributed by atoms with Crippen LogP contribution in [-0.4, -0.2) is 11.9 Å². The average Bonchev–Trinajstić information content (AvgIpc) is 2.44. The van der Waals surface area contributed by atoms with E-state index in [1.54, 1.807) is 12.1 Å². The maximum atomic E-state index is 13.1. The van der Waals surface area contributed by atoms with Crippen molar-refractivity contribution in [1.29, 1.82) is 0 Å². The van der Waals surface area contributed by atoms with Gasteiger partial charge in [-0.1, -0.05) is 42.5 Å². The van der Waals surface area contributed by atoms with Crippen molar-refractivity contribution in [3.8, 4) is 0 Å². The van der Waals surface area contributed by atoms with Gasteiger partial charge in [-0.15, -0.1) is 11.6 Å². The van der Waals surface area contributed by atoms with E-state index >= 15 is 0 Å². The summed E-state index contributed by atoms with van der Waals surface area (Å²) in [5, 5.41) is 3.36. The molecule has 100 valence electrons. The van der Waals surface area contributed by atoms with Gasteiger partial charge >= 0.3 is 0 Å². The van der Waals surface area contributed by atoms with E-state index in [2.05, 4.69) is 17.4 Å². The minimum absolute atomic E-state index is 0.187. The van der Waals surface area contributed by atoms with Crippen molar-refractivity contribution in [2.75, 3.05) is 5.88 Å². The van der Waals surface area contributed by atoms with Crippen molar-refractivity contribution < 1.29 is 4.39 Å². The molecule has 2 rings (SSSR count). The lowest BCUT2D eigenvalue weighted by molar-refractivity contribution is 0.547. The van der Waals surface area contributed by atoms with Gasteiger partial charge in [0.2, 0.25) is 0 Å². The molecule has 0 aliphatic rings. The number of hydrogen-bond acceptors (Lipinski definition) is 1. The normalized spacial score (nSPS) is 12.3. The van der Waals surface area contributed by atoms with Gasteiger partial charge in [-0.25, -0.2) is 4.39 Å². The number of rotatable bonds is 6. The molecule has 1 N–H and O–H groups in total. The quantitative estimate of drug-likeness (QED) is 0.793. The van der Waals surface area contributed by atoms with Crippen LogP contribution in [-0.2, 0) is 13.0 Å². The van der Waals surface area contributed by atoms with Crippen molar-refractivity contribution in [2.45, 2.75) is 19.0 Å². The van der Waals surface area contributed by atoms with E-state index in [1.807, 2.05) is 24.3 Å². The highest BCUT2D eigenvalue weighted by atomic mass is 35.5. The topological polar surface area (TPSA) is 12.0 Å². The Hall–Kier alpha value is -1.38. The van der Waals surface area contributed by atoms with Gasteiger partial charge in [0, 0.05) is 18.5 Å². The predicted octanol–water partition coefficient (Wildman–Crippen LogP) is 3.77. The number of halogens is 2. The summed E-state index contributed by atoms with van der Waals surface area (Å²) in [6, 6.07) is 17.0. The zero-order chi connectivity index (χ0) is 13.5. The molecule has 0 aliphatic heterocycles. The molecule has 1 atom stereocenters. The number of hydrogen-bond donors (Lipinski definition) is 1. The smallest absolute Gasteiger partial charge is 0.123 e. The maximum Gasteiger partial charge on any atom is 0.123 e. The fourth-order valence-corrected chi connectivity index (χ4v) is 2.21. The van der Waals surface area contributed by atoms with Gasteiger partial charge in [-0.3, -0.25) is 0 Å². The number of nitrogens with one attached hydrogen (secondary N) is 1. The Morgan fingerprint density at radius 1 is 1.00 bits per heavy atom. The summed E-state index contributed by atoms with van der Waals surface area (Å²) in [6.45, 7) is 0.627. The second-order valence-electron chi connectivity index (χ2n) is 4.55. The molecule has 0 aliphatic carbocycles. The molecule has 1 nitrogen and oxygen atoms in total. The Bertz CT molecular complexity index is 501. The molecule has 0 aromatic heterocycles. The van der Waals surface area contributed by atoms with Crippen LogP contribution in [0.15, 0.2) is 54.6 Å². The first-order valence-electron chi connectivity index (χ1n) is 6.35. The highest BCUT2D eigenvalue weighted by Gasteiger charge is 2.07. The first-order valence-corrected chi connectivity index (χ1v) is 6.89. The second-order valence-corrected chi connectivity index (χ2v) is 4.86. The Balaban J connectivity index is 1.89. The van der Waals surface area contributed by atoms with Gasteiger partial charge in [0.15, 0.2) is 0 Å². The van der Waals surface area contributed by atoms with Gasteiger partial charge < -0.3 is 5.32 Å². The molecular weight excluding hydrogens is 261 g/mol. The van der Waals surface area contributed by atoms with Gasteiger partial charge in [-0.05, 0) is 29.7 Å². The third kappa shape index (κ3) is 4.66. The maximum absolute atomic E-state index is 13.1. The predicted molar refractivity (Wildman–Crippen MR) is 77.9 cm³/mol. The minimum Gasteiger partial charge on any atom is -0.308 e. The van der Waals surface area contributed by atoms with E-state index in [1.165, 1.54) is 11.6 Å². The van der Waals surface area contributed by atoms with E-state index in [4.69, 9.17) is 11.6 Å². The number of benzene rings is 2. The van der Waals surface area contributed by atoms with Crippen LogP contribution in [0.2, 0.25) is 0 Å². The first kappa shape index (κ1) is 14.0. The third-order valence-electron chi connectivity index (χ3n) is 3.00. The van der Waals surface area contributed by atoms with Crippen LogP contribution in [0.25, 0.3) is 0 Å². The lowest BCUT2D eigenvalue weighted by Gasteiger charge is -2.16. The van der Waals surface area contributed by atoms with Crippen LogP contribution >= 0.6 is 11.6 Å². The van der Waals surface area contributed by atoms with Crippen molar-refractivity contribution in [3.63, 3.8) is 0 Å². The summed E-state index contributed by atoms with van der Waals surface area (Å²) >= 11 is 5.98. The summed E-state index contributed by atoms with van der Waals surface area (Å²) < 4.78 is 13.1. The Labute approximate surface area is 118 Å². The standard InChI is InChI=1S/C16H17ClFN/c17-11-16(10-13-5-2-1-3-6-13)19-12-14-7-4-8-15(18)9-14/h1-9,16,19H,10-12H2. The molecule has 19 heavy (non-hydrogen) atoms. The summed E-state index contributed by atoms with van der Waals surface area (Å²) in [5.41, 5.74) is 2.18. The fourth-order valence-electron chi connectivity index (χ4n) is 1.99. The molecule has 0 spiro atoms. The van der Waals surface area contributed by atoms with Crippen LogP contribution < -0.4 is 5.32 Å². The van der Waals surface area contributed by atoms with Crippen LogP contribution in [0, 0.1) is 5.82 Å². The van der Waals surface area contributed by atoms with E-state index in [9.17, 15) is 4.39 Å². The summed E-state index contributed by atoms with van der Waals surface area (Å²) in [6.07, 6.45) is 0.875. The van der Waals surface area contributed by atoms with Gasteiger partial charge in [0.05, 0.1) is 0 Å². The first-order chi connectivity index (χ1) is 9.28. The minimum atomic E-state index is -0.204. The monoisotopic (exact) mass is 277 g/mol. The SMILES string of the molecule is Fc1cccc(CNC(CCl)Cc2ccccc2)c1.